The average Bonchev–Trinajstić information content (AvgIpc) is 2.73. The van der Waals surface area contributed by atoms with Gasteiger partial charge in [-0.2, -0.15) is 5.10 Å². The van der Waals surface area contributed by atoms with Crippen LogP contribution in [0.3, 0.4) is 0 Å². The Morgan fingerprint density at radius 1 is 1.50 bits per heavy atom. The number of nitrogens with zero attached hydrogens (tertiary/aromatic N) is 2. The van der Waals surface area contributed by atoms with Crippen LogP contribution in [0.25, 0.3) is 0 Å². The van der Waals surface area contributed by atoms with Crippen LogP contribution in [0, 0.1) is 0 Å². The molecule has 0 saturated carbocycles. The minimum atomic E-state index is -0.0633. The number of nitrogens with two attached hydrogens (primary N) is 1. The number of carbonyl (C=O) groups is 1. The van der Waals surface area contributed by atoms with E-state index >= 15 is 0 Å². The smallest absolute Gasteiger partial charge is 0.241 e. The molecule has 18 heavy (non-hydrogen) atoms. The number of nitrogen functional groups attached to an aromatic ring is 1. The fourth-order valence-corrected chi connectivity index (χ4v) is 1.42. The zero-order valence-corrected chi connectivity index (χ0v) is 10.9. The molecule has 0 aliphatic carbocycles. The summed E-state index contributed by atoms with van der Waals surface area (Å²) in [6, 6.07) is 1.66. The lowest BCUT2D eigenvalue weighted by atomic mass is 10.3. The molecule has 6 heteroatoms. The summed E-state index contributed by atoms with van der Waals surface area (Å²) in [7, 11) is 0. The van der Waals surface area contributed by atoms with Crippen molar-refractivity contribution in [3.63, 3.8) is 0 Å². The molecule has 0 spiro atoms. The van der Waals surface area contributed by atoms with E-state index in [1.54, 1.807) is 12.3 Å². The average molecular weight is 254 g/mol. The Hall–Kier alpha value is -1.56. The van der Waals surface area contributed by atoms with Crippen LogP contribution in [-0.2, 0) is 16.1 Å². The first-order valence-electron chi connectivity index (χ1n) is 6.35. The second-order valence-corrected chi connectivity index (χ2v) is 4.11. The summed E-state index contributed by atoms with van der Waals surface area (Å²) in [5, 5.41) is 6.75. The fraction of sp³-hybridized carbons (Fsp3) is 0.667. The summed E-state index contributed by atoms with van der Waals surface area (Å²) in [4.78, 5) is 11.5. The van der Waals surface area contributed by atoms with Gasteiger partial charge in [-0.1, -0.05) is 13.3 Å². The van der Waals surface area contributed by atoms with E-state index in [4.69, 9.17) is 10.5 Å². The number of aromatic nitrogens is 2. The monoisotopic (exact) mass is 254 g/mol. The van der Waals surface area contributed by atoms with E-state index in [0.29, 0.717) is 19.0 Å². The van der Waals surface area contributed by atoms with E-state index in [-0.39, 0.29) is 12.5 Å². The van der Waals surface area contributed by atoms with Gasteiger partial charge in [-0.05, 0) is 18.9 Å². The van der Waals surface area contributed by atoms with Crippen molar-refractivity contribution in [2.75, 3.05) is 25.5 Å². The van der Waals surface area contributed by atoms with Crippen LogP contribution in [0.15, 0.2) is 12.3 Å². The van der Waals surface area contributed by atoms with E-state index in [0.717, 1.165) is 25.9 Å². The largest absolute Gasteiger partial charge is 0.382 e. The van der Waals surface area contributed by atoms with E-state index in [9.17, 15) is 4.79 Å². The highest BCUT2D eigenvalue weighted by Crippen LogP contribution is 1.95. The summed E-state index contributed by atoms with van der Waals surface area (Å²) in [6.07, 6.45) is 4.75. The van der Waals surface area contributed by atoms with Gasteiger partial charge in [0.2, 0.25) is 5.91 Å². The number of carbonyl (C=O) groups excluding carboxylic acids is 1. The molecule has 102 valence electrons. The molecule has 1 heterocycles. The van der Waals surface area contributed by atoms with Gasteiger partial charge < -0.3 is 15.8 Å². The lowest BCUT2D eigenvalue weighted by Gasteiger charge is -2.06. The highest BCUT2D eigenvalue weighted by atomic mass is 16.5. The number of anilines is 1. The highest BCUT2D eigenvalue weighted by molar-refractivity contribution is 5.75. The molecule has 0 radical (unpaired) electrons. The Kier molecular flexibility index (Phi) is 6.86. The van der Waals surface area contributed by atoms with Crippen LogP contribution < -0.4 is 11.1 Å². The van der Waals surface area contributed by atoms with Crippen LogP contribution in [0.5, 0.6) is 0 Å². The predicted octanol–water partition coefficient (Wildman–Crippen LogP) is 0.788. The Balaban J connectivity index is 2.00. The molecule has 0 unspecified atom stereocenters. The molecule has 3 N–H and O–H groups in total. The van der Waals surface area contributed by atoms with Gasteiger partial charge in [0, 0.05) is 26.0 Å². The predicted molar refractivity (Wildman–Crippen MR) is 70.0 cm³/mol. The number of hydrogen-bond donors (Lipinski definition) is 2. The third-order valence-corrected chi connectivity index (χ3v) is 2.40. The van der Waals surface area contributed by atoms with E-state index < -0.39 is 0 Å². The Morgan fingerprint density at radius 3 is 2.94 bits per heavy atom. The van der Waals surface area contributed by atoms with E-state index in [2.05, 4.69) is 17.3 Å². The van der Waals surface area contributed by atoms with Crippen molar-refractivity contribution in [1.29, 1.82) is 0 Å². The number of hydrogen-bond acceptors (Lipinski definition) is 4. The molecule has 0 aromatic carbocycles. The number of amides is 1. The Bertz CT molecular complexity index is 352. The van der Waals surface area contributed by atoms with Crippen molar-refractivity contribution in [1.82, 2.24) is 15.1 Å². The van der Waals surface area contributed by atoms with Crippen molar-refractivity contribution in [3.05, 3.63) is 12.3 Å². The molecule has 0 saturated heterocycles. The molecule has 0 atom stereocenters. The maximum Gasteiger partial charge on any atom is 0.241 e. The zero-order chi connectivity index (χ0) is 13.2. The first-order chi connectivity index (χ1) is 8.72. The number of nitrogens with one attached hydrogen (secondary N) is 1. The SMILES string of the molecule is CCCCOCCCNC(=O)Cn1ccc(N)n1. The lowest BCUT2D eigenvalue weighted by molar-refractivity contribution is -0.121. The van der Waals surface area contributed by atoms with Gasteiger partial charge in [0.25, 0.3) is 0 Å². The summed E-state index contributed by atoms with van der Waals surface area (Å²) < 4.78 is 6.91. The summed E-state index contributed by atoms with van der Waals surface area (Å²) in [5.41, 5.74) is 5.45. The second-order valence-electron chi connectivity index (χ2n) is 4.11. The molecular formula is C12H22N4O2. The molecule has 1 aromatic rings. The highest BCUT2D eigenvalue weighted by Gasteiger charge is 2.02. The molecular weight excluding hydrogens is 232 g/mol. The van der Waals surface area contributed by atoms with Gasteiger partial charge in [-0.25, -0.2) is 0 Å². The molecule has 0 bridgehead atoms. The van der Waals surface area contributed by atoms with Crippen molar-refractivity contribution >= 4 is 11.7 Å². The van der Waals surface area contributed by atoms with Crippen molar-refractivity contribution in [2.45, 2.75) is 32.7 Å². The Morgan fingerprint density at radius 2 is 2.28 bits per heavy atom. The molecule has 1 aromatic heterocycles. The minimum Gasteiger partial charge on any atom is -0.382 e. The van der Waals surface area contributed by atoms with E-state index in [1.165, 1.54) is 4.68 Å². The fourth-order valence-electron chi connectivity index (χ4n) is 1.42. The van der Waals surface area contributed by atoms with E-state index in [1.807, 2.05) is 0 Å². The lowest BCUT2D eigenvalue weighted by Crippen LogP contribution is -2.29. The van der Waals surface area contributed by atoms with Crippen LogP contribution in [0.4, 0.5) is 5.82 Å². The van der Waals surface area contributed by atoms with Gasteiger partial charge in [-0.15, -0.1) is 0 Å². The maximum absolute atomic E-state index is 11.5. The summed E-state index contributed by atoms with van der Waals surface area (Å²) >= 11 is 0. The molecule has 1 rings (SSSR count). The van der Waals surface area contributed by atoms with Gasteiger partial charge in [0.05, 0.1) is 0 Å². The van der Waals surface area contributed by atoms with Crippen molar-refractivity contribution in [2.24, 2.45) is 0 Å². The molecule has 1 amide bonds. The first-order valence-corrected chi connectivity index (χ1v) is 6.35. The third kappa shape index (κ3) is 6.24. The zero-order valence-electron chi connectivity index (χ0n) is 10.9. The number of rotatable bonds is 9. The second kappa shape index (κ2) is 8.52. The van der Waals surface area contributed by atoms with Crippen LogP contribution in [0.1, 0.15) is 26.2 Å². The van der Waals surface area contributed by atoms with Crippen LogP contribution in [-0.4, -0.2) is 35.4 Å². The topological polar surface area (TPSA) is 82.2 Å². The minimum absolute atomic E-state index is 0.0633. The van der Waals surface area contributed by atoms with Gasteiger partial charge in [0.1, 0.15) is 12.4 Å². The third-order valence-electron chi connectivity index (χ3n) is 2.40. The normalized spacial score (nSPS) is 10.5. The summed E-state index contributed by atoms with van der Waals surface area (Å²) in [5.74, 6) is 0.360. The molecule has 6 nitrogen and oxygen atoms in total. The van der Waals surface area contributed by atoms with Crippen LogP contribution >= 0.6 is 0 Å². The number of ether oxygens (including phenoxy) is 1. The quantitative estimate of drug-likeness (QED) is 0.638. The van der Waals surface area contributed by atoms with Gasteiger partial charge in [-0.3, -0.25) is 9.48 Å². The molecule has 0 fully saturated rings. The maximum atomic E-state index is 11.5. The Labute approximate surface area is 107 Å². The number of unbranched alkanes of at least 4 members (excludes halogenated alkanes) is 1. The molecule has 0 aliphatic heterocycles. The molecule has 0 aliphatic rings. The van der Waals surface area contributed by atoms with Crippen molar-refractivity contribution < 1.29 is 9.53 Å². The van der Waals surface area contributed by atoms with Crippen molar-refractivity contribution in [3.8, 4) is 0 Å². The van der Waals surface area contributed by atoms with Crippen LogP contribution in [0.2, 0.25) is 0 Å². The standard InChI is InChI=1S/C12H22N4O2/c1-2-3-8-18-9-4-6-14-12(17)10-16-7-5-11(13)15-16/h5,7H,2-4,6,8-10H2,1H3,(H2,13,15)(H,14,17). The van der Waals surface area contributed by atoms with Gasteiger partial charge in [0.15, 0.2) is 0 Å². The first kappa shape index (κ1) is 14.5. The van der Waals surface area contributed by atoms with Gasteiger partial charge >= 0.3 is 0 Å². The summed E-state index contributed by atoms with van der Waals surface area (Å²) in [6.45, 7) is 4.45.